The van der Waals surface area contributed by atoms with Gasteiger partial charge < -0.3 is 9.13 Å². The third kappa shape index (κ3) is 4.22. The molecule has 0 amide bonds. The van der Waals surface area contributed by atoms with E-state index < -0.39 is 0 Å². The molecule has 0 aliphatic heterocycles. The second-order valence-electron chi connectivity index (χ2n) is 12.0. The van der Waals surface area contributed by atoms with Crippen molar-refractivity contribution >= 4 is 43.6 Å². The van der Waals surface area contributed by atoms with Gasteiger partial charge in [0, 0.05) is 32.8 Å². The Hall–Kier alpha value is -6.88. The Morgan fingerprint density at radius 3 is 1.56 bits per heavy atom. The van der Waals surface area contributed by atoms with Crippen molar-refractivity contribution in [1.82, 2.24) is 9.13 Å². The molecule has 0 aliphatic rings. The van der Waals surface area contributed by atoms with E-state index in [0.29, 0.717) is 11.1 Å². The molecule has 9 aromatic rings. The summed E-state index contributed by atoms with van der Waals surface area (Å²) in [6.07, 6.45) is 0. The van der Waals surface area contributed by atoms with E-state index in [1.807, 2.05) is 30.3 Å². The SMILES string of the molecule is N#Cc1ccc(-n2c3ccccc3c3ccccc32)c(-c2ccc(-c3cccc(-n4c5ccccc5c5ccc(C#N)cc54)c3)cc2)c1. The smallest absolute Gasteiger partial charge is 0.0992 e. The zero-order valence-electron chi connectivity index (χ0n) is 25.8. The first-order chi connectivity index (χ1) is 23.7. The highest BCUT2D eigenvalue weighted by Gasteiger charge is 2.17. The van der Waals surface area contributed by atoms with Gasteiger partial charge in [0.25, 0.3) is 0 Å². The molecule has 0 saturated carbocycles. The maximum Gasteiger partial charge on any atom is 0.0992 e. The van der Waals surface area contributed by atoms with E-state index in [1.54, 1.807) is 0 Å². The zero-order chi connectivity index (χ0) is 32.2. The number of para-hydroxylation sites is 3. The Morgan fingerprint density at radius 1 is 0.375 bits per heavy atom. The Bertz CT molecular complexity index is 2750. The van der Waals surface area contributed by atoms with Gasteiger partial charge in [-0.25, -0.2) is 0 Å². The van der Waals surface area contributed by atoms with Crippen LogP contribution < -0.4 is 0 Å². The average Bonchev–Trinajstić information content (AvgIpc) is 3.67. The first-order valence-corrected chi connectivity index (χ1v) is 15.9. The summed E-state index contributed by atoms with van der Waals surface area (Å²) in [5, 5.41) is 24.2. The van der Waals surface area contributed by atoms with Crippen molar-refractivity contribution in [3.8, 4) is 45.8 Å². The van der Waals surface area contributed by atoms with Crippen LogP contribution in [0.5, 0.6) is 0 Å². The normalized spacial score (nSPS) is 11.3. The summed E-state index contributed by atoms with van der Waals surface area (Å²) in [6, 6.07) is 59.0. The number of benzene rings is 7. The van der Waals surface area contributed by atoms with Crippen LogP contribution in [0, 0.1) is 22.7 Å². The summed E-state index contributed by atoms with van der Waals surface area (Å²) < 4.78 is 4.55. The highest BCUT2D eigenvalue weighted by atomic mass is 15.0. The molecular weight excluding hydrogens is 585 g/mol. The van der Waals surface area contributed by atoms with Crippen LogP contribution in [0.4, 0.5) is 0 Å². The van der Waals surface area contributed by atoms with Gasteiger partial charge in [0.2, 0.25) is 0 Å². The molecule has 0 aliphatic carbocycles. The van der Waals surface area contributed by atoms with Gasteiger partial charge in [-0.2, -0.15) is 10.5 Å². The van der Waals surface area contributed by atoms with Gasteiger partial charge in [-0.3, -0.25) is 0 Å². The first kappa shape index (κ1) is 27.4. The summed E-state index contributed by atoms with van der Waals surface area (Å²) in [5.74, 6) is 0. The van der Waals surface area contributed by atoms with Crippen LogP contribution in [-0.4, -0.2) is 9.13 Å². The van der Waals surface area contributed by atoms with E-state index in [9.17, 15) is 10.5 Å². The van der Waals surface area contributed by atoms with Gasteiger partial charge in [-0.15, -0.1) is 0 Å². The molecule has 0 fully saturated rings. The molecule has 2 heterocycles. The van der Waals surface area contributed by atoms with Gasteiger partial charge in [-0.1, -0.05) is 97.1 Å². The lowest BCUT2D eigenvalue weighted by Gasteiger charge is -2.15. The number of nitrogens with zero attached hydrogens (tertiary/aromatic N) is 4. The summed E-state index contributed by atoms with van der Waals surface area (Å²) >= 11 is 0. The van der Waals surface area contributed by atoms with Crippen LogP contribution in [0.15, 0.2) is 158 Å². The lowest BCUT2D eigenvalue weighted by Crippen LogP contribution is -1.98. The molecule has 9 rings (SSSR count). The third-order valence-corrected chi connectivity index (χ3v) is 9.38. The van der Waals surface area contributed by atoms with Gasteiger partial charge in [0.15, 0.2) is 0 Å². The van der Waals surface area contributed by atoms with Gasteiger partial charge >= 0.3 is 0 Å². The zero-order valence-corrected chi connectivity index (χ0v) is 25.8. The van der Waals surface area contributed by atoms with Crippen molar-refractivity contribution in [1.29, 1.82) is 10.5 Å². The molecule has 4 nitrogen and oxygen atoms in total. The van der Waals surface area contributed by atoms with E-state index in [-0.39, 0.29) is 0 Å². The number of rotatable bonds is 4. The van der Waals surface area contributed by atoms with Crippen LogP contribution in [0.1, 0.15) is 11.1 Å². The van der Waals surface area contributed by atoms with Crippen LogP contribution in [0.3, 0.4) is 0 Å². The van der Waals surface area contributed by atoms with Crippen molar-refractivity contribution in [3.63, 3.8) is 0 Å². The lowest BCUT2D eigenvalue weighted by atomic mass is 9.97. The largest absolute Gasteiger partial charge is 0.309 e. The standard InChI is InChI=1S/C44H26N4/c45-27-29-17-23-43(48-41-14-5-2-10-35(41)36-11-3-6-15-42(36)48)39(24-29)32-20-18-31(19-21-32)33-8-7-9-34(26-33)47-40-13-4-1-12-37(40)38-22-16-30(28-46)25-44(38)47/h1-26H. The van der Waals surface area contributed by atoms with Crippen molar-refractivity contribution in [2.75, 3.05) is 0 Å². The van der Waals surface area contributed by atoms with E-state index in [4.69, 9.17) is 0 Å². The predicted octanol–water partition coefficient (Wildman–Crippen LogP) is 11.0. The van der Waals surface area contributed by atoms with Gasteiger partial charge in [-0.05, 0) is 77.4 Å². The van der Waals surface area contributed by atoms with Crippen LogP contribution in [0.25, 0.3) is 77.2 Å². The second-order valence-corrected chi connectivity index (χ2v) is 12.0. The van der Waals surface area contributed by atoms with Crippen LogP contribution in [-0.2, 0) is 0 Å². The molecule has 0 atom stereocenters. The maximum absolute atomic E-state index is 9.86. The highest BCUT2D eigenvalue weighted by Crippen LogP contribution is 2.38. The van der Waals surface area contributed by atoms with Crippen LogP contribution >= 0.6 is 0 Å². The number of aromatic nitrogens is 2. The quantitative estimate of drug-likeness (QED) is 0.199. The molecule has 2 aromatic heterocycles. The lowest BCUT2D eigenvalue weighted by molar-refractivity contribution is 1.18. The molecule has 48 heavy (non-hydrogen) atoms. The van der Waals surface area contributed by atoms with E-state index in [1.165, 1.54) is 10.8 Å². The molecule has 222 valence electrons. The minimum atomic E-state index is 0.622. The molecule has 7 aromatic carbocycles. The predicted molar refractivity (Wildman–Crippen MR) is 195 cm³/mol. The monoisotopic (exact) mass is 610 g/mol. The molecule has 0 unspecified atom stereocenters. The van der Waals surface area contributed by atoms with E-state index >= 15 is 0 Å². The molecule has 0 saturated heterocycles. The fraction of sp³-hybridized carbons (Fsp3) is 0. The Balaban J connectivity index is 1.17. The number of fused-ring (bicyclic) bond motifs is 6. The number of hydrogen-bond acceptors (Lipinski definition) is 2. The van der Waals surface area contributed by atoms with Crippen molar-refractivity contribution in [2.45, 2.75) is 0 Å². The Morgan fingerprint density at radius 2 is 0.917 bits per heavy atom. The summed E-state index contributed by atoms with van der Waals surface area (Å²) in [6.45, 7) is 0. The highest BCUT2D eigenvalue weighted by molar-refractivity contribution is 6.10. The first-order valence-electron chi connectivity index (χ1n) is 15.9. The van der Waals surface area contributed by atoms with Crippen molar-refractivity contribution < 1.29 is 0 Å². The minimum Gasteiger partial charge on any atom is -0.309 e. The molecule has 0 N–H and O–H groups in total. The molecular formula is C44H26N4. The molecule has 4 heteroatoms. The molecule has 0 spiro atoms. The third-order valence-electron chi connectivity index (χ3n) is 9.38. The molecule has 0 bridgehead atoms. The van der Waals surface area contributed by atoms with E-state index in [2.05, 4.69) is 149 Å². The number of nitriles is 2. The summed E-state index contributed by atoms with van der Waals surface area (Å²) in [5.41, 5.74) is 11.9. The number of hydrogen-bond donors (Lipinski definition) is 0. The molecule has 0 radical (unpaired) electrons. The summed E-state index contributed by atoms with van der Waals surface area (Å²) in [7, 11) is 0. The fourth-order valence-corrected chi connectivity index (χ4v) is 7.20. The van der Waals surface area contributed by atoms with Gasteiger partial charge in [0.05, 0.1) is 51.0 Å². The minimum absolute atomic E-state index is 0.622. The maximum atomic E-state index is 9.86. The second kappa shape index (κ2) is 10.9. The Kier molecular flexibility index (Phi) is 6.22. The topological polar surface area (TPSA) is 57.4 Å². The van der Waals surface area contributed by atoms with Gasteiger partial charge in [0.1, 0.15) is 0 Å². The van der Waals surface area contributed by atoms with E-state index in [0.717, 1.165) is 66.5 Å². The Labute approximate surface area is 277 Å². The summed E-state index contributed by atoms with van der Waals surface area (Å²) in [4.78, 5) is 0. The van der Waals surface area contributed by atoms with Crippen molar-refractivity contribution in [2.24, 2.45) is 0 Å². The van der Waals surface area contributed by atoms with Crippen molar-refractivity contribution in [3.05, 3.63) is 169 Å². The van der Waals surface area contributed by atoms with Crippen LogP contribution in [0.2, 0.25) is 0 Å². The average molecular weight is 611 g/mol. The fourth-order valence-electron chi connectivity index (χ4n) is 7.20.